The number of benzene rings is 2. The van der Waals surface area contributed by atoms with Crippen LogP contribution in [-0.4, -0.2) is 36.6 Å². The van der Waals surface area contributed by atoms with Gasteiger partial charge in [-0.3, -0.25) is 4.79 Å². The van der Waals surface area contributed by atoms with E-state index in [0.29, 0.717) is 5.01 Å². The van der Waals surface area contributed by atoms with E-state index >= 15 is 0 Å². The maximum atomic E-state index is 12.7. The topological polar surface area (TPSA) is 68.7 Å². The first-order valence-corrected chi connectivity index (χ1v) is 10.1. The molecule has 1 atom stereocenters. The van der Waals surface area contributed by atoms with E-state index < -0.39 is 5.97 Å². The molecule has 0 saturated heterocycles. The van der Waals surface area contributed by atoms with Crippen LogP contribution in [0.4, 0.5) is 5.69 Å². The Hall–Kier alpha value is -3.19. The molecule has 29 heavy (non-hydrogen) atoms. The first-order chi connectivity index (χ1) is 14.1. The molecular weight excluding hydrogens is 388 g/mol. The number of anilines is 1. The SMILES string of the molecule is COc1ccc(-c2nc(C(=O)OCC(=O)N3c4ccccc4C[C@H]3C)cs2)cc1. The Kier molecular flexibility index (Phi) is 5.31. The number of carbonyl (C=O) groups is 2. The minimum absolute atomic E-state index is 0.0412. The Morgan fingerprint density at radius 2 is 1.93 bits per heavy atom. The summed E-state index contributed by atoms with van der Waals surface area (Å²) in [4.78, 5) is 31.1. The van der Waals surface area contributed by atoms with Crippen molar-refractivity contribution in [3.63, 3.8) is 0 Å². The van der Waals surface area contributed by atoms with Crippen molar-refractivity contribution in [2.45, 2.75) is 19.4 Å². The molecule has 0 spiro atoms. The molecule has 1 aromatic heterocycles. The molecule has 0 radical (unpaired) electrons. The third-order valence-electron chi connectivity index (χ3n) is 4.85. The van der Waals surface area contributed by atoms with Crippen LogP contribution in [0.1, 0.15) is 23.0 Å². The van der Waals surface area contributed by atoms with Crippen LogP contribution in [0.3, 0.4) is 0 Å². The molecule has 1 aliphatic rings. The second-order valence-electron chi connectivity index (χ2n) is 6.79. The second-order valence-corrected chi connectivity index (χ2v) is 7.65. The lowest BCUT2D eigenvalue weighted by atomic mass is 10.1. The number of para-hydroxylation sites is 1. The fourth-order valence-corrected chi connectivity index (χ4v) is 4.25. The molecule has 0 saturated carbocycles. The summed E-state index contributed by atoms with van der Waals surface area (Å²) in [6.07, 6.45) is 0.799. The lowest BCUT2D eigenvalue weighted by molar-refractivity contribution is -0.122. The third kappa shape index (κ3) is 3.86. The van der Waals surface area contributed by atoms with Crippen molar-refractivity contribution in [3.05, 3.63) is 65.2 Å². The highest BCUT2D eigenvalue weighted by atomic mass is 32.1. The summed E-state index contributed by atoms with van der Waals surface area (Å²) in [6.45, 7) is 1.67. The molecule has 2 aromatic carbocycles. The minimum Gasteiger partial charge on any atom is -0.497 e. The summed E-state index contributed by atoms with van der Waals surface area (Å²) >= 11 is 1.35. The molecule has 0 unspecified atom stereocenters. The lowest BCUT2D eigenvalue weighted by Gasteiger charge is -2.22. The predicted octanol–water partition coefficient (Wildman–Crippen LogP) is 3.95. The van der Waals surface area contributed by atoms with Gasteiger partial charge in [-0.05, 0) is 49.2 Å². The number of carbonyl (C=O) groups excluding carboxylic acids is 2. The first-order valence-electron chi connectivity index (χ1n) is 9.24. The summed E-state index contributed by atoms with van der Waals surface area (Å²) in [5.74, 6) is -0.0860. The van der Waals surface area contributed by atoms with E-state index in [2.05, 4.69) is 4.98 Å². The van der Waals surface area contributed by atoms with Crippen LogP contribution < -0.4 is 9.64 Å². The molecule has 0 fully saturated rings. The van der Waals surface area contributed by atoms with E-state index in [1.807, 2.05) is 55.5 Å². The van der Waals surface area contributed by atoms with Crippen LogP contribution in [0.5, 0.6) is 5.75 Å². The Morgan fingerprint density at radius 1 is 1.17 bits per heavy atom. The molecule has 2 heterocycles. The number of fused-ring (bicyclic) bond motifs is 1. The van der Waals surface area contributed by atoms with Crippen molar-refractivity contribution >= 4 is 28.9 Å². The Balaban J connectivity index is 1.40. The number of aromatic nitrogens is 1. The Morgan fingerprint density at radius 3 is 2.69 bits per heavy atom. The van der Waals surface area contributed by atoms with Crippen molar-refractivity contribution in [1.29, 1.82) is 0 Å². The van der Waals surface area contributed by atoms with Crippen LogP contribution in [0.15, 0.2) is 53.9 Å². The van der Waals surface area contributed by atoms with Crippen molar-refractivity contribution in [1.82, 2.24) is 4.98 Å². The minimum atomic E-state index is -0.602. The van der Waals surface area contributed by atoms with Gasteiger partial charge in [0.1, 0.15) is 10.8 Å². The zero-order valence-corrected chi connectivity index (χ0v) is 16.9. The highest BCUT2D eigenvalue weighted by Crippen LogP contribution is 2.32. The van der Waals surface area contributed by atoms with Crippen molar-refractivity contribution < 1.29 is 19.1 Å². The van der Waals surface area contributed by atoms with Gasteiger partial charge in [-0.25, -0.2) is 9.78 Å². The fraction of sp³-hybridized carbons (Fsp3) is 0.227. The highest BCUT2D eigenvalue weighted by molar-refractivity contribution is 7.13. The summed E-state index contributed by atoms with van der Waals surface area (Å²) in [7, 11) is 1.61. The van der Waals surface area contributed by atoms with Crippen molar-refractivity contribution in [2.75, 3.05) is 18.6 Å². The van der Waals surface area contributed by atoms with Crippen molar-refractivity contribution in [3.8, 4) is 16.3 Å². The molecule has 6 nitrogen and oxygen atoms in total. The zero-order valence-electron chi connectivity index (χ0n) is 16.1. The van der Waals surface area contributed by atoms with Gasteiger partial charge in [0.2, 0.25) is 0 Å². The molecule has 1 aliphatic heterocycles. The van der Waals surface area contributed by atoms with Crippen molar-refractivity contribution in [2.24, 2.45) is 0 Å². The van der Waals surface area contributed by atoms with E-state index in [0.717, 1.165) is 29.0 Å². The molecular formula is C22H20N2O4S. The van der Waals surface area contributed by atoms with E-state index in [9.17, 15) is 9.59 Å². The number of ether oxygens (including phenoxy) is 2. The lowest BCUT2D eigenvalue weighted by Crippen LogP contribution is -2.38. The van der Waals surface area contributed by atoms with Crippen LogP contribution in [0.25, 0.3) is 10.6 Å². The molecule has 0 N–H and O–H groups in total. The number of hydrogen-bond acceptors (Lipinski definition) is 6. The van der Waals surface area contributed by atoms with Crippen LogP contribution in [0, 0.1) is 0 Å². The van der Waals surface area contributed by atoms with E-state index in [-0.39, 0.29) is 24.2 Å². The molecule has 1 amide bonds. The van der Waals surface area contributed by atoms with Gasteiger partial charge in [0.15, 0.2) is 12.3 Å². The van der Waals surface area contributed by atoms with Gasteiger partial charge in [0.05, 0.1) is 7.11 Å². The highest BCUT2D eigenvalue weighted by Gasteiger charge is 2.31. The Labute approximate surface area is 172 Å². The van der Waals surface area contributed by atoms with Gasteiger partial charge < -0.3 is 14.4 Å². The fourth-order valence-electron chi connectivity index (χ4n) is 3.45. The van der Waals surface area contributed by atoms with Gasteiger partial charge in [0.25, 0.3) is 5.91 Å². The quantitative estimate of drug-likeness (QED) is 0.598. The molecule has 3 aromatic rings. The van der Waals surface area contributed by atoms with E-state index in [4.69, 9.17) is 9.47 Å². The monoisotopic (exact) mass is 408 g/mol. The van der Waals surface area contributed by atoms with E-state index in [1.54, 1.807) is 17.4 Å². The van der Waals surface area contributed by atoms with Gasteiger partial charge in [-0.2, -0.15) is 0 Å². The number of nitrogens with zero attached hydrogens (tertiary/aromatic N) is 2. The van der Waals surface area contributed by atoms with Gasteiger partial charge >= 0.3 is 5.97 Å². The summed E-state index contributed by atoms with van der Waals surface area (Å²) < 4.78 is 10.4. The standard InChI is InChI=1S/C22H20N2O4S/c1-14-11-16-5-3-4-6-19(16)24(14)20(25)12-28-22(26)18-13-29-21(23-18)15-7-9-17(27-2)10-8-15/h3-10,13-14H,11-12H2,1-2H3/t14-/m1/s1. The van der Waals surface area contributed by atoms with E-state index in [1.165, 1.54) is 11.3 Å². The third-order valence-corrected chi connectivity index (χ3v) is 5.74. The predicted molar refractivity (Wildman–Crippen MR) is 111 cm³/mol. The molecule has 148 valence electrons. The number of rotatable bonds is 5. The van der Waals surface area contributed by atoms with Crippen LogP contribution >= 0.6 is 11.3 Å². The van der Waals surface area contributed by atoms with Gasteiger partial charge in [0, 0.05) is 22.7 Å². The average molecular weight is 408 g/mol. The number of thiazole rings is 1. The average Bonchev–Trinajstić information content (AvgIpc) is 3.36. The smallest absolute Gasteiger partial charge is 0.358 e. The summed E-state index contributed by atoms with van der Waals surface area (Å²) in [5, 5.41) is 2.34. The first kappa shape index (κ1) is 19.1. The van der Waals surface area contributed by atoms with Gasteiger partial charge in [-0.15, -0.1) is 11.3 Å². The Bertz CT molecular complexity index is 1040. The molecule has 0 bridgehead atoms. The largest absolute Gasteiger partial charge is 0.497 e. The molecule has 0 aliphatic carbocycles. The van der Waals surface area contributed by atoms with Crippen LogP contribution in [-0.2, 0) is 16.0 Å². The second kappa shape index (κ2) is 8.05. The maximum absolute atomic E-state index is 12.7. The number of hydrogen-bond donors (Lipinski definition) is 0. The molecule has 4 rings (SSSR count). The zero-order chi connectivity index (χ0) is 20.4. The summed E-state index contributed by atoms with van der Waals surface area (Å²) in [5.41, 5.74) is 3.09. The van der Waals surface area contributed by atoms with Crippen LogP contribution in [0.2, 0.25) is 0 Å². The number of esters is 1. The number of amides is 1. The number of methoxy groups -OCH3 is 1. The normalized spacial score (nSPS) is 15.1. The van der Waals surface area contributed by atoms with Gasteiger partial charge in [-0.1, -0.05) is 18.2 Å². The molecule has 7 heteroatoms. The maximum Gasteiger partial charge on any atom is 0.358 e. The summed E-state index contributed by atoms with van der Waals surface area (Å²) in [6, 6.07) is 15.3.